The van der Waals surface area contributed by atoms with E-state index in [0.29, 0.717) is 6.04 Å². The number of benzene rings is 1. The SMILES string of the molecule is Cc1cnc(-c2ccc3ncnc(NC4CCCCC4)c3c2)[nH]1. The Morgan fingerprint density at radius 3 is 2.74 bits per heavy atom. The van der Waals surface area contributed by atoms with Gasteiger partial charge in [0.1, 0.15) is 18.0 Å². The van der Waals surface area contributed by atoms with Gasteiger partial charge in [-0.05, 0) is 38.0 Å². The zero-order valence-corrected chi connectivity index (χ0v) is 13.3. The number of hydrogen-bond donors (Lipinski definition) is 2. The molecule has 5 heteroatoms. The molecule has 3 aromatic rings. The highest BCUT2D eigenvalue weighted by atomic mass is 15.0. The van der Waals surface area contributed by atoms with Crippen LogP contribution < -0.4 is 5.32 Å². The van der Waals surface area contributed by atoms with Crippen LogP contribution in [0.5, 0.6) is 0 Å². The first-order chi connectivity index (χ1) is 11.3. The Hall–Kier alpha value is -2.43. The average Bonchev–Trinajstić information content (AvgIpc) is 3.02. The van der Waals surface area contributed by atoms with E-state index in [4.69, 9.17) is 0 Å². The van der Waals surface area contributed by atoms with Crippen molar-refractivity contribution in [1.82, 2.24) is 19.9 Å². The van der Waals surface area contributed by atoms with E-state index in [1.807, 2.05) is 19.2 Å². The van der Waals surface area contributed by atoms with Gasteiger partial charge in [-0.3, -0.25) is 0 Å². The second-order valence-electron chi connectivity index (χ2n) is 6.35. The second-order valence-corrected chi connectivity index (χ2v) is 6.35. The van der Waals surface area contributed by atoms with Crippen LogP contribution in [0.2, 0.25) is 0 Å². The molecule has 0 aliphatic heterocycles. The predicted molar refractivity (Wildman–Crippen MR) is 92.4 cm³/mol. The Balaban J connectivity index is 1.72. The predicted octanol–water partition coefficient (Wildman–Crippen LogP) is 4.07. The van der Waals surface area contributed by atoms with Crippen molar-refractivity contribution in [2.45, 2.75) is 45.1 Å². The molecule has 23 heavy (non-hydrogen) atoms. The Morgan fingerprint density at radius 1 is 1.09 bits per heavy atom. The summed E-state index contributed by atoms with van der Waals surface area (Å²) < 4.78 is 0. The first-order valence-electron chi connectivity index (χ1n) is 8.33. The quantitative estimate of drug-likeness (QED) is 0.765. The van der Waals surface area contributed by atoms with Crippen molar-refractivity contribution in [3.05, 3.63) is 36.4 Å². The molecule has 0 atom stereocenters. The van der Waals surface area contributed by atoms with Gasteiger partial charge in [0.2, 0.25) is 0 Å². The van der Waals surface area contributed by atoms with Crippen LogP contribution in [0.4, 0.5) is 5.82 Å². The van der Waals surface area contributed by atoms with E-state index in [-0.39, 0.29) is 0 Å². The molecule has 0 radical (unpaired) electrons. The molecule has 1 aliphatic carbocycles. The van der Waals surface area contributed by atoms with Crippen molar-refractivity contribution in [2.75, 3.05) is 5.32 Å². The van der Waals surface area contributed by atoms with Gasteiger partial charge in [-0.25, -0.2) is 15.0 Å². The van der Waals surface area contributed by atoms with Gasteiger partial charge in [-0.15, -0.1) is 0 Å². The second kappa shape index (κ2) is 5.99. The molecule has 0 bridgehead atoms. The molecule has 4 rings (SSSR count). The number of nitrogens with one attached hydrogen (secondary N) is 2. The van der Waals surface area contributed by atoms with Crippen LogP contribution in [0, 0.1) is 6.92 Å². The van der Waals surface area contributed by atoms with Crippen molar-refractivity contribution in [1.29, 1.82) is 0 Å². The van der Waals surface area contributed by atoms with Crippen molar-refractivity contribution < 1.29 is 0 Å². The van der Waals surface area contributed by atoms with Gasteiger partial charge >= 0.3 is 0 Å². The number of anilines is 1. The van der Waals surface area contributed by atoms with Crippen molar-refractivity contribution in [3.8, 4) is 11.4 Å². The van der Waals surface area contributed by atoms with Crippen molar-refractivity contribution in [2.24, 2.45) is 0 Å². The summed E-state index contributed by atoms with van der Waals surface area (Å²) in [5.41, 5.74) is 3.09. The first-order valence-corrected chi connectivity index (χ1v) is 8.33. The lowest BCUT2D eigenvalue weighted by atomic mass is 9.95. The van der Waals surface area contributed by atoms with E-state index in [0.717, 1.165) is 33.8 Å². The topological polar surface area (TPSA) is 66.5 Å². The Kier molecular flexibility index (Phi) is 3.69. The summed E-state index contributed by atoms with van der Waals surface area (Å²) in [4.78, 5) is 16.6. The smallest absolute Gasteiger partial charge is 0.137 e. The summed E-state index contributed by atoms with van der Waals surface area (Å²) in [5.74, 6) is 1.82. The minimum absolute atomic E-state index is 0.524. The maximum atomic E-state index is 4.49. The number of nitrogens with zero attached hydrogens (tertiary/aromatic N) is 3. The monoisotopic (exact) mass is 307 g/mol. The fourth-order valence-corrected chi connectivity index (χ4v) is 3.32. The third-order valence-corrected chi connectivity index (χ3v) is 4.56. The highest BCUT2D eigenvalue weighted by Crippen LogP contribution is 2.28. The Morgan fingerprint density at radius 2 is 1.96 bits per heavy atom. The summed E-state index contributed by atoms with van der Waals surface area (Å²) >= 11 is 0. The molecule has 0 amide bonds. The minimum Gasteiger partial charge on any atom is -0.367 e. The fourth-order valence-electron chi connectivity index (χ4n) is 3.32. The van der Waals surface area contributed by atoms with Gasteiger partial charge in [-0.2, -0.15) is 0 Å². The maximum Gasteiger partial charge on any atom is 0.137 e. The molecule has 2 heterocycles. The Labute approximate surface area is 135 Å². The zero-order valence-electron chi connectivity index (χ0n) is 13.3. The van der Waals surface area contributed by atoms with E-state index in [2.05, 4.69) is 37.4 Å². The lowest BCUT2D eigenvalue weighted by Gasteiger charge is -2.23. The van der Waals surface area contributed by atoms with Crippen molar-refractivity contribution in [3.63, 3.8) is 0 Å². The molecule has 2 N–H and O–H groups in total. The van der Waals surface area contributed by atoms with Crippen LogP contribution in [0.1, 0.15) is 37.8 Å². The van der Waals surface area contributed by atoms with Gasteiger partial charge in [-0.1, -0.05) is 19.3 Å². The molecule has 1 saturated carbocycles. The number of H-pyrrole nitrogens is 1. The largest absolute Gasteiger partial charge is 0.367 e. The van der Waals surface area contributed by atoms with Gasteiger partial charge in [0.25, 0.3) is 0 Å². The summed E-state index contributed by atoms with van der Waals surface area (Å²) in [6, 6.07) is 6.74. The summed E-state index contributed by atoms with van der Waals surface area (Å²) in [6.07, 6.45) is 9.90. The van der Waals surface area contributed by atoms with Gasteiger partial charge in [0.15, 0.2) is 0 Å². The molecule has 0 unspecified atom stereocenters. The molecule has 1 aromatic carbocycles. The number of aryl methyl sites for hydroxylation is 1. The van der Waals surface area contributed by atoms with Crippen LogP contribution in [0.25, 0.3) is 22.3 Å². The van der Waals surface area contributed by atoms with Crippen LogP contribution in [0.15, 0.2) is 30.7 Å². The van der Waals surface area contributed by atoms with Crippen LogP contribution >= 0.6 is 0 Å². The zero-order chi connectivity index (χ0) is 15.6. The molecule has 0 saturated heterocycles. The number of fused-ring (bicyclic) bond motifs is 1. The molecule has 1 aliphatic rings. The molecule has 0 spiro atoms. The van der Waals surface area contributed by atoms with Crippen LogP contribution in [-0.2, 0) is 0 Å². The number of imidazole rings is 1. The Bertz CT molecular complexity index is 817. The van der Waals surface area contributed by atoms with Crippen molar-refractivity contribution >= 4 is 16.7 Å². The molecule has 1 fully saturated rings. The lowest BCUT2D eigenvalue weighted by Crippen LogP contribution is -2.23. The molecular formula is C18H21N5. The molecule has 118 valence electrons. The third-order valence-electron chi connectivity index (χ3n) is 4.56. The maximum absolute atomic E-state index is 4.49. The highest BCUT2D eigenvalue weighted by molar-refractivity contribution is 5.92. The van der Waals surface area contributed by atoms with E-state index >= 15 is 0 Å². The van der Waals surface area contributed by atoms with E-state index in [9.17, 15) is 0 Å². The van der Waals surface area contributed by atoms with Gasteiger partial charge in [0.05, 0.1) is 5.52 Å². The van der Waals surface area contributed by atoms with E-state index < -0.39 is 0 Å². The van der Waals surface area contributed by atoms with E-state index in [1.54, 1.807) is 6.33 Å². The van der Waals surface area contributed by atoms with Crippen LogP contribution in [-0.4, -0.2) is 26.0 Å². The molecular weight excluding hydrogens is 286 g/mol. The van der Waals surface area contributed by atoms with E-state index in [1.165, 1.54) is 32.1 Å². The number of rotatable bonds is 3. The summed E-state index contributed by atoms with van der Waals surface area (Å²) in [5, 5.41) is 4.69. The minimum atomic E-state index is 0.524. The first kappa shape index (κ1) is 14.2. The number of hydrogen-bond acceptors (Lipinski definition) is 4. The number of aromatic nitrogens is 4. The lowest BCUT2D eigenvalue weighted by molar-refractivity contribution is 0.462. The third kappa shape index (κ3) is 2.91. The van der Waals surface area contributed by atoms with Gasteiger partial charge in [0, 0.05) is 28.9 Å². The normalized spacial score (nSPS) is 15.9. The van der Waals surface area contributed by atoms with Gasteiger partial charge < -0.3 is 10.3 Å². The number of aromatic amines is 1. The molecule has 5 nitrogen and oxygen atoms in total. The summed E-state index contributed by atoms with van der Waals surface area (Å²) in [7, 11) is 0. The summed E-state index contributed by atoms with van der Waals surface area (Å²) in [6.45, 7) is 2.01. The highest BCUT2D eigenvalue weighted by Gasteiger charge is 2.15. The standard InChI is InChI=1S/C18H21N5/c1-12-10-19-17(22-12)13-7-8-16-15(9-13)18(21-11-20-16)23-14-5-3-2-4-6-14/h7-11,14H,2-6H2,1H3,(H,19,22)(H,20,21,23). The molecule has 2 aromatic heterocycles. The average molecular weight is 307 g/mol. The fraction of sp³-hybridized carbons (Fsp3) is 0.389. The van der Waals surface area contributed by atoms with Crippen LogP contribution in [0.3, 0.4) is 0 Å².